The summed E-state index contributed by atoms with van der Waals surface area (Å²) in [5.74, 6) is 2.53. The predicted octanol–water partition coefficient (Wildman–Crippen LogP) is 7.02. The van der Waals surface area contributed by atoms with E-state index in [0.29, 0.717) is 0 Å². The Labute approximate surface area is 183 Å². The van der Waals surface area contributed by atoms with Crippen LogP contribution in [0.4, 0.5) is 0 Å². The van der Waals surface area contributed by atoms with Gasteiger partial charge in [0, 0.05) is 0 Å². The third-order valence-electron chi connectivity index (χ3n) is 5.57. The molecule has 4 aromatic carbocycles. The first-order valence-electron chi connectivity index (χ1n) is 10.2. The van der Waals surface area contributed by atoms with Gasteiger partial charge in [-0.05, 0) is 82.3 Å². The van der Waals surface area contributed by atoms with E-state index in [2.05, 4.69) is 55.5 Å². The van der Waals surface area contributed by atoms with Crippen molar-refractivity contribution in [1.29, 1.82) is 0 Å². The Morgan fingerprint density at radius 1 is 0.419 bits per heavy atom. The predicted molar refractivity (Wildman–Crippen MR) is 127 cm³/mol. The number of benzene rings is 4. The van der Waals surface area contributed by atoms with Gasteiger partial charge in [-0.3, -0.25) is 0 Å². The number of rotatable bonds is 6. The Kier molecular flexibility index (Phi) is 5.94. The van der Waals surface area contributed by atoms with E-state index in [9.17, 15) is 0 Å². The topological polar surface area (TPSA) is 27.7 Å². The smallest absolute Gasteiger partial charge is 0.118 e. The third-order valence-corrected chi connectivity index (χ3v) is 5.57. The highest BCUT2D eigenvalue weighted by atomic mass is 16.5. The molecule has 0 aromatic heterocycles. The first-order chi connectivity index (χ1) is 15.1. The summed E-state index contributed by atoms with van der Waals surface area (Å²) < 4.78 is 16.1. The van der Waals surface area contributed by atoms with Gasteiger partial charge in [0.2, 0.25) is 0 Å². The Morgan fingerprint density at radius 3 is 1.23 bits per heavy atom. The third kappa shape index (κ3) is 4.13. The second kappa shape index (κ2) is 8.97. The molecule has 0 fully saturated rings. The standard InChI is InChI=1S/C28H26O3/c1-19-5-18-26(20-6-12-23(29-2)13-7-20)28(22-10-16-25(31-4)17-11-22)27(19)21-8-14-24(30-3)15-9-21/h5-18H,1-4H3. The van der Waals surface area contributed by atoms with Crippen molar-refractivity contribution < 1.29 is 14.2 Å². The molecule has 3 nitrogen and oxygen atoms in total. The maximum Gasteiger partial charge on any atom is 0.118 e. The largest absolute Gasteiger partial charge is 0.497 e. The molecular weight excluding hydrogens is 384 g/mol. The van der Waals surface area contributed by atoms with Crippen molar-refractivity contribution in [3.63, 3.8) is 0 Å². The van der Waals surface area contributed by atoms with E-state index in [0.717, 1.165) is 33.9 Å². The molecule has 0 saturated carbocycles. The molecule has 156 valence electrons. The maximum atomic E-state index is 5.38. The molecule has 0 radical (unpaired) electrons. The van der Waals surface area contributed by atoms with Gasteiger partial charge in [0.05, 0.1) is 21.3 Å². The highest BCUT2D eigenvalue weighted by Crippen LogP contribution is 2.43. The highest BCUT2D eigenvalue weighted by molar-refractivity contribution is 5.96. The quantitative estimate of drug-likeness (QED) is 0.342. The van der Waals surface area contributed by atoms with Crippen LogP contribution in [-0.2, 0) is 0 Å². The fraction of sp³-hybridized carbons (Fsp3) is 0.143. The van der Waals surface area contributed by atoms with Crippen LogP contribution in [0.25, 0.3) is 33.4 Å². The van der Waals surface area contributed by atoms with Crippen molar-refractivity contribution in [3.05, 3.63) is 90.5 Å². The Morgan fingerprint density at radius 2 is 0.806 bits per heavy atom. The monoisotopic (exact) mass is 410 g/mol. The zero-order valence-corrected chi connectivity index (χ0v) is 18.3. The molecule has 0 spiro atoms. The number of methoxy groups -OCH3 is 3. The van der Waals surface area contributed by atoms with Gasteiger partial charge in [-0.15, -0.1) is 0 Å². The first kappa shape index (κ1) is 20.5. The molecule has 0 saturated heterocycles. The molecule has 0 amide bonds. The van der Waals surface area contributed by atoms with E-state index < -0.39 is 0 Å². The summed E-state index contributed by atoms with van der Waals surface area (Å²) in [6, 6.07) is 29.1. The fourth-order valence-electron chi connectivity index (χ4n) is 3.91. The minimum absolute atomic E-state index is 0.841. The zero-order chi connectivity index (χ0) is 21.8. The van der Waals surface area contributed by atoms with Crippen LogP contribution in [0.15, 0.2) is 84.9 Å². The van der Waals surface area contributed by atoms with Crippen molar-refractivity contribution >= 4 is 0 Å². The molecule has 0 atom stereocenters. The molecular formula is C28H26O3. The summed E-state index contributed by atoms with van der Waals surface area (Å²) in [5.41, 5.74) is 8.22. The number of aryl methyl sites for hydroxylation is 1. The van der Waals surface area contributed by atoms with E-state index >= 15 is 0 Å². The van der Waals surface area contributed by atoms with E-state index in [1.54, 1.807) is 21.3 Å². The zero-order valence-electron chi connectivity index (χ0n) is 18.3. The van der Waals surface area contributed by atoms with Crippen molar-refractivity contribution in [2.75, 3.05) is 21.3 Å². The van der Waals surface area contributed by atoms with E-state index in [1.807, 2.05) is 36.4 Å². The Balaban J connectivity index is 1.97. The second-order valence-electron chi connectivity index (χ2n) is 7.37. The number of hydrogen-bond acceptors (Lipinski definition) is 3. The molecule has 0 aliphatic rings. The van der Waals surface area contributed by atoms with Crippen molar-refractivity contribution in [2.45, 2.75) is 6.92 Å². The maximum absolute atomic E-state index is 5.38. The minimum Gasteiger partial charge on any atom is -0.497 e. The van der Waals surface area contributed by atoms with Crippen LogP contribution in [0.3, 0.4) is 0 Å². The lowest BCUT2D eigenvalue weighted by Crippen LogP contribution is -1.94. The van der Waals surface area contributed by atoms with Crippen LogP contribution in [-0.4, -0.2) is 21.3 Å². The average molecular weight is 411 g/mol. The molecule has 4 aromatic rings. The molecule has 0 N–H and O–H groups in total. The minimum atomic E-state index is 0.841. The summed E-state index contributed by atoms with van der Waals surface area (Å²) >= 11 is 0. The average Bonchev–Trinajstić information content (AvgIpc) is 2.84. The van der Waals surface area contributed by atoms with Gasteiger partial charge < -0.3 is 14.2 Å². The first-order valence-corrected chi connectivity index (χ1v) is 10.2. The molecule has 0 aliphatic heterocycles. The summed E-state index contributed by atoms with van der Waals surface area (Å²) in [6.45, 7) is 2.16. The number of ether oxygens (including phenoxy) is 3. The molecule has 0 unspecified atom stereocenters. The normalized spacial score (nSPS) is 10.6. The van der Waals surface area contributed by atoms with Crippen molar-refractivity contribution in [2.24, 2.45) is 0 Å². The van der Waals surface area contributed by atoms with Crippen LogP contribution in [0.5, 0.6) is 17.2 Å². The summed E-state index contributed by atoms with van der Waals surface area (Å²) in [7, 11) is 5.06. The molecule has 4 rings (SSSR count). The van der Waals surface area contributed by atoms with E-state index in [-0.39, 0.29) is 0 Å². The van der Waals surface area contributed by atoms with Crippen molar-refractivity contribution in [1.82, 2.24) is 0 Å². The van der Waals surface area contributed by atoms with E-state index in [1.165, 1.54) is 22.3 Å². The fourth-order valence-corrected chi connectivity index (χ4v) is 3.91. The lowest BCUT2D eigenvalue weighted by atomic mass is 9.85. The summed E-state index contributed by atoms with van der Waals surface area (Å²) in [5, 5.41) is 0. The van der Waals surface area contributed by atoms with Crippen LogP contribution >= 0.6 is 0 Å². The van der Waals surface area contributed by atoms with Gasteiger partial charge in [0.1, 0.15) is 17.2 Å². The molecule has 31 heavy (non-hydrogen) atoms. The second-order valence-corrected chi connectivity index (χ2v) is 7.37. The van der Waals surface area contributed by atoms with Gasteiger partial charge in [0.25, 0.3) is 0 Å². The summed E-state index contributed by atoms with van der Waals surface area (Å²) in [6.07, 6.45) is 0. The molecule has 0 bridgehead atoms. The van der Waals surface area contributed by atoms with Gasteiger partial charge >= 0.3 is 0 Å². The lowest BCUT2D eigenvalue weighted by molar-refractivity contribution is 0.414. The molecule has 0 heterocycles. The van der Waals surface area contributed by atoms with Crippen LogP contribution < -0.4 is 14.2 Å². The van der Waals surface area contributed by atoms with Gasteiger partial charge in [0.15, 0.2) is 0 Å². The van der Waals surface area contributed by atoms with Crippen LogP contribution in [0.1, 0.15) is 5.56 Å². The van der Waals surface area contributed by atoms with E-state index in [4.69, 9.17) is 14.2 Å². The number of hydrogen-bond donors (Lipinski definition) is 0. The SMILES string of the molecule is COc1ccc(-c2ccc(C)c(-c3ccc(OC)cc3)c2-c2ccc(OC)cc2)cc1. The lowest BCUT2D eigenvalue weighted by Gasteiger charge is -2.19. The van der Waals surface area contributed by atoms with Crippen molar-refractivity contribution in [3.8, 4) is 50.6 Å². The van der Waals surface area contributed by atoms with Gasteiger partial charge in [-0.2, -0.15) is 0 Å². The molecule has 0 aliphatic carbocycles. The summed E-state index contributed by atoms with van der Waals surface area (Å²) in [4.78, 5) is 0. The highest BCUT2D eigenvalue weighted by Gasteiger charge is 2.17. The van der Waals surface area contributed by atoms with Gasteiger partial charge in [-0.25, -0.2) is 0 Å². The van der Waals surface area contributed by atoms with Gasteiger partial charge in [-0.1, -0.05) is 48.5 Å². The van der Waals surface area contributed by atoms with Crippen LogP contribution in [0.2, 0.25) is 0 Å². The molecule has 3 heteroatoms. The Hall–Kier alpha value is -3.72. The van der Waals surface area contributed by atoms with Crippen LogP contribution in [0, 0.1) is 6.92 Å². The Bertz CT molecular complexity index is 1160.